The van der Waals surface area contributed by atoms with Crippen molar-refractivity contribution in [1.29, 1.82) is 0 Å². The van der Waals surface area contributed by atoms with Gasteiger partial charge in [-0.1, -0.05) is 12.1 Å². The summed E-state index contributed by atoms with van der Waals surface area (Å²) in [6, 6.07) is 6.15. The number of aromatic nitrogens is 2. The Bertz CT molecular complexity index is 701. The van der Waals surface area contributed by atoms with E-state index in [0.29, 0.717) is 6.54 Å². The van der Waals surface area contributed by atoms with Gasteiger partial charge >= 0.3 is 0 Å². The summed E-state index contributed by atoms with van der Waals surface area (Å²) in [4.78, 5) is 13.7. The Morgan fingerprint density at radius 3 is 2.50 bits per heavy atom. The summed E-state index contributed by atoms with van der Waals surface area (Å²) >= 11 is 0. The van der Waals surface area contributed by atoms with Crippen LogP contribution in [0.1, 0.15) is 22.5 Å². The fourth-order valence-corrected chi connectivity index (χ4v) is 2.25. The molecular formula is C17H20FN3O. The number of halogens is 1. The summed E-state index contributed by atoms with van der Waals surface area (Å²) in [6.07, 6.45) is 3.34. The van der Waals surface area contributed by atoms with Crippen LogP contribution in [0.15, 0.2) is 30.3 Å². The van der Waals surface area contributed by atoms with Crippen molar-refractivity contribution in [1.82, 2.24) is 14.7 Å². The van der Waals surface area contributed by atoms with E-state index in [0.717, 1.165) is 22.5 Å². The van der Waals surface area contributed by atoms with Gasteiger partial charge in [0.15, 0.2) is 0 Å². The zero-order valence-electron chi connectivity index (χ0n) is 13.3. The van der Waals surface area contributed by atoms with Crippen LogP contribution in [-0.4, -0.2) is 27.6 Å². The van der Waals surface area contributed by atoms with E-state index in [4.69, 9.17) is 0 Å². The Morgan fingerprint density at radius 1 is 1.32 bits per heavy atom. The molecule has 0 aliphatic heterocycles. The highest BCUT2D eigenvalue weighted by molar-refractivity contribution is 5.91. The first kappa shape index (κ1) is 15.9. The standard InChI is InChI=1S/C17H20FN3O/c1-12-16(13(2)21(4)19-12)9-10-17(22)20(3)11-14-5-7-15(18)8-6-14/h5-10H,11H2,1-4H3/b10-9+. The van der Waals surface area contributed by atoms with E-state index < -0.39 is 0 Å². The van der Waals surface area contributed by atoms with Gasteiger partial charge in [-0.25, -0.2) is 4.39 Å². The van der Waals surface area contributed by atoms with Crippen LogP contribution in [0.4, 0.5) is 4.39 Å². The van der Waals surface area contributed by atoms with Gasteiger partial charge in [0.05, 0.1) is 5.69 Å². The third-order valence-electron chi connectivity index (χ3n) is 3.67. The molecule has 1 heterocycles. The number of carbonyl (C=O) groups is 1. The Hall–Kier alpha value is -2.43. The second-order valence-corrected chi connectivity index (χ2v) is 5.36. The van der Waals surface area contributed by atoms with E-state index >= 15 is 0 Å². The maximum Gasteiger partial charge on any atom is 0.246 e. The van der Waals surface area contributed by atoms with Crippen LogP contribution < -0.4 is 0 Å². The second-order valence-electron chi connectivity index (χ2n) is 5.36. The molecule has 0 fully saturated rings. The number of rotatable bonds is 4. The number of hydrogen-bond donors (Lipinski definition) is 0. The quantitative estimate of drug-likeness (QED) is 0.815. The molecule has 1 aromatic heterocycles. The van der Waals surface area contributed by atoms with E-state index in [-0.39, 0.29) is 11.7 Å². The predicted octanol–water partition coefficient (Wildman–Crippen LogP) is 2.85. The Labute approximate surface area is 129 Å². The van der Waals surface area contributed by atoms with Crippen LogP contribution in [0.2, 0.25) is 0 Å². The summed E-state index contributed by atoms with van der Waals surface area (Å²) < 4.78 is 14.7. The van der Waals surface area contributed by atoms with Crippen molar-refractivity contribution in [3.63, 3.8) is 0 Å². The number of aryl methyl sites for hydroxylation is 2. The molecule has 116 valence electrons. The van der Waals surface area contributed by atoms with Crippen LogP contribution in [0, 0.1) is 19.7 Å². The van der Waals surface area contributed by atoms with Crippen molar-refractivity contribution in [3.8, 4) is 0 Å². The fourth-order valence-electron chi connectivity index (χ4n) is 2.25. The molecule has 0 bridgehead atoms. The summed E-state index contributed by atoms with van der Waals surface area (Å²) in [6.45, 7) is 4.32. The van der Waals surface area contributed by atoms with Gasteiger partial charge in [0.2, 0.25) is 5.91 Å². The maximum absolute atomic E-state index is 12.9. The smallest absolute Gasteiger partial charge is 0.246 e. The van der Waals surface area contributed by atoms with Gasteiger partial charge in [-0.15, -0.1) is 0 Å². The van der Waals surface area contributed by atoms with Crippen molar-refractivity contribution in [2.45, 2.75) is 20.4 Å². The molecule has 0 aliphatic rings. The molecule has 0 N–H and O–H groups in total. The van der Waals surface area contributed by atoms with Gasteiger partial charge in [-0.2, -0.15) is 5.10 Å². The third kappa shape index (κ3) is 3.61. The van der Waals surface area contributed by atoms with Crippen LogP contribution >= 0.6 is 0 Å². The summed E-state index contributed by atoms with van der Waals surface area (Å²) in [5, 5.41) is 4.31. The molecule has 22 heavy (non-hydrogen) atoms. The van der Waals surface area contributed by atoms with Crippen molar-refractivity contribution < 1.29 is 9.18 Å². The van der Waals surface area contributed by atoms with Crippen LogP contribution in [-0.2, 0) is 18.4 Å². The zero-order valence-corrected chi connectivity index (χ0v) is 13.3. The summed E-state index contributed by atoms with van der Waals surface area (Å²) in [5.41, 5.74) is 3.76. The average Bonchev–Trinajstić information content (AvgIpc) is 2.72. The van der Waals surface area contributed by atoms with Gasteiger partial charge in [-0.3, -0.25) is 9.48 Å². The Morgan fingerprint density at radius 2 is 1.95 bits per heavy atom. The minimum Gasteiger partial charge on any atom is -0.338 e. The number of benzene rings is 1. The maximum atomic E-state index is 12.9. The topological polar surface area (TPSA) is 38.1 Å². The van der Waals surface area contributed by atoms with Crippen LogP contribution in [0.5, 0.6) is 0 Å². The molecule has 0 aliphatic carbocycles. The molecular weight excluding hydrogens is 281 g/mol. The summed E-state index contributed by atoms with van der Waals surface area (Å²) in [7, 11) is 3.60. The lowest BCUT2D eigenvalue weighted by molar-refractivity contribution is -0.125. The number of likely N-dealkylation sites (N-methyl/N-ethyl adjacent to an activating group) is 1. The SMILES string of the molecule is Cc1nn(C)c(C)c1/C=C/C(=O)N(C)Cc1ccc(F)cc1. The van der Waals surface area contributed by atoms with Gasteiger partial charge < -0.3 is 4.90 Å². The van der Waals surface area contributed by atoms with Crippen LogP contribution in [0.25, 0.3) is 6.08 Å². The molecule has 5 heteroatoms. The molecule has 0 saturated carbocycles. The summed E-state index contributed by atoms with van der Waals surface area (Å²) in [5.74, 6) is -0.382. The second kappa shape index (κ2) is 6.56. The first-order valence-electron chi connectivity index (χ1n) is 7.06. The molecule has 0 unspecified atom stereocenters. The van der Waals surface area contributed by atoms with E-state index in [2.05, 4.69) is 5.10 Å². The molecule has 4 nitrogen and oxygen atoms in total. The first-order chi connectivity index (χ1) is 10.4. The molecule has 0 radical (unpaired) electrons. The lowest BCUT2D eigenvalue weighted by Crippen LogP contribution is -2.24. The average molecular weight is 301 g/mol. The van der Waals surface area contributed by atoms with E-state index in [9.17, 15) is 9.18 Å². The van der Waals surface area contributed by atoms with Crippen LogP contribution in [0.3, 0.4) is 0 Å². The molecule has 1 amide bonds. The van der Waals surface area contributed by atoms with Gasteiger partial charge in [0.1, 0.15) is 5.82 Å². The third-order valence-corrected chi connectivity index (χ3v) is 3.67. The normalized spacial score (nSPS) is 11.1. The first-order valence-corrected chi connectivity index (χ1v) is 7.06. The number of amides is 1. The van der Waals surface area contributed by atoms with Crippen molar-refractivity contribution in [2.24, 2.45) is 7.05 Å². The number of hydrogen-bond acceptors (Lipinski definition) is 2. The molecule has 0 spiro atoms. The molecule has 0 saturated heterocycles. The van der Waals surface area contributed by atoms with Gasteiger partial charge in [-0.05, 0) is 37.6 Å². The highest BCUT2D eigenvalue weighted by Gasteiger charge is 2.09. The highest BCUT2D eigenvalue weighted by atomic mass is 19.1. The van der Waals surface area contributed by atoms with Gasteiger partial charge in [0, 0.05) is 38.0 Å². The van der Waals surface area contributed by atoms with Crippen molar-refractivity contribution in [2.75, 3.05) is 7.05 Å². The van der Waals surface area contributed by atoms with E-state index in [1.807, 2.05) is 20.9 Å². The van der Waals surface area contributed by atoms with E-state index in [1.54, 1.807) is 40.9 Å². The zero-order chi connectivity index (χ0) is 16.3. The molecule has 1 aromatic carbocycles. The predicted molar refractivity (Wildman–Crippen MR) is 84.6 cm³/mol. The van der Waals surface area contributed by atoms with Crippen molar-refractivity contribution >= 4 is 12.0 Å². The minimum absolute atomic E-state index is 0.105. The minimum atomic E-state index is -0.278. The lowest BCUT2D eigenvalue weighted by Gasteiger charge is -2.15. The lowest BCUT2D eigenvalue weighted by atomic mass is 10.1. The monoisotopic (exact) mass is 301 g/mol. The Kier molecular flexibility index (Phi) is 4.75. The number of nitrogens with zero attached hydrogens (tertiary/aromatic N) is 3. The highest BCUT2D eigenvalue weighted by Crippen LogP contribution is 2.14. The van der Waals surface area contributed by atoms with E-state index in [1.165, 1.54) is 12.1 Å². The molecule has 0 atom stereocenters. The molecule has 2 aromatic rings. The number of carbonyl (C=O) groups excluding carboxylic acids is 1. The van der Waals surface area contributed by atoms with Crippen molar-refractivity contribution in [3.05, 3.63) is 58.7 Å². The largest absolute Gasteiger partial charge is 0.338 e. The fraction of sp³-hybridized carbons (Fsp3) is 0.294. The Balaban J connectivity index is 2.04. The molecule has 2 rings (SSSR count). The van der Waals surface area contributed by atoms with Gasteiger partial charge in [0.25, 0.3) is 0 Å².